The molecule has 1 atom stereocenters. The first kappa shape index (κ1) is 32.9. The highest BCUT2D eigenvalue weighted by atomic mass is 35.5. The number of halogens is 2. The van der Waals surface area contributed by atoms with E-state index in [4.69, 9.17) is 23.2 Å². The number of carbonyl (C=O) groups is 3. The average Bonchev–Trinajstić information content (AvgIpc) is 3.91. The van der Waals surface area contributed by atoms with Crippen LogP contribution in [0.4, 0.5) is 11.6 Å². The number of H-pyrrole nitrogens is 1. The Hall–Kier alpha value is -5.33. The van der Waals surface area contributed by atoms with Crippen LogP contribution in [-0.2, 0) is 27.1 Å². The van der Waals surface area contributed by atoms with Gasteiger partial charge in [-0.2, -0.15) is 5.10 Å². The molecule has 4 heterocycles. The summed E-state index contributed by atoms with van der Waals surface area (Å²) < 4.78 is 1.66. The van der Waals surface area contributed by atoms with Gasteiger partial charge in [-0.1, -0.05) is 47.5 Å². The summed E-state index contributed by atoms with van der Waals surface area (Å²) >= 11 is 12.7. The minimum Gasteiger partial charge on any atom is -0.343 e. The van der Waals surface area contributed by atoms with Crippen LogP contribution < -0.4 is 15.5 Å². The summed E-state index contributed by atoms with van der Waals surface area (Å²) in [6.45, 7) is 1.78. The smallest absolute Gasteiger partial charge is 0.270 e. The number of aliphatic imine (C=N–C) groups is 1. The number of pyridine rings is 1. The maximum absolute atomic E-state index is 14.5. The van der Waals surface area contributed by atoms with E-state index in [-0.39, 0.29) is 29.9 Å². The minimum atomic E-state index is -1.27. The van der Waals surface area contributed by atoms with Gasteiger partial charge >= 0.3 is 0 Å². The lowest BCUT2D eigenvalue weighted by molar-refractivity contribution is -0.125. The van der Waals surface area contributed by atoms with E-state index >= 15 is 0 Å². The lowest BCUT2D eigenvalue weighted by Crippen LogP contribution is -2.52. The van der Waals surface area contributed by atoms with Gasteiger partial charge in [0.15, 0.2) is 0 Å². The Balaban J connectivity index is 1.09. The topological polar surface area (TPSA) is 150 Å². The number of imidazole rings is 1. The highest BCUT2D eigenvalue weighted by molar-refractivity contribution is 6.35. The van der Waals surface area contributed by atoms with E-state index in [2.05, 4.69) is 35.8 Å². The van der Waals surface area contributed by atoms with E-state index < -0.39 is 22.5 Å². The summed E-state index contributed by atoms with van der Waals surface area (Å²) in [5.74, 6) is -0.840. The first-order valence-corrected chi connectivity index (χ1v) is 17.3. The number of aromatic nitrogens is 5. The number of aromatic amines is 1. The summed E-state index contributed by atoms with van der Waals surface area (Å²) in [6, 6.07) is 16.4. The first-order chi connectivity index (χ1) is 24.5. The SMILES string of the molecule is CN=Cc1ccc(C[C@]2(C)C(=O)N(c3cc(Cl)cc(Cl)c3)c3ncc(C(=O)NC4(C(=O)NC5(c6cc(-c7cn[nH]c7)ccn6)CC5)CC4)n32)cc1. The van der Waals surface area contributed by atoms with Gasteiger partial charge in [0.05, 0.1) is 29.3 Å². The molecule has 5 aromatic rings. The zero-order valence-electron chi connectivity index (χ0n) is 27.8. The van der Waals surface area contributed by atoms with Gasteiger partial charge in [0.25, 0.3) is 11.8 Å². The van der Waals surface area contributed by atoms with Gasteiger partial charge in [0.1, 0.15) is 16.8 Å². The molecule has 3 amide bonds. The van der Waals surface area contributed by atoms with E-state index in [1.807, 2.05) is 36.4 Å². The molecule has 51 heavy (non-hydrogen) atoms. The van der Waals surface area contributed by atoms with Crippen molar-refractivity contribution in [1.29, 1.82) is 0 Å². The molecule has 0 spiro atoms. The third-order valence-electron chi connectivity index (χ3n) is 9.97. The van der Waals surface area contributed by atoms with E-state index in [0.717, 1.165) is 40.8 Å². The molecule has 3 N–H and O–H groups in total. The molecule has 3 aromatic heterocycles. The van der Waals surface area contributed by atoms with Crippen molar-refractivity contribution in [2.24, 2.45) is 4.99 Å². The van der Waals surface area contributed by atoms with Gasteiger partial charge < -0.3 is 10.6 Å². The number of rotatable bonds is 10. The van der Waals surface area contributed by atoms with Crippen molar-refractivity contribution in [2.75, 3.05) is 11.9 Å². The van der Waals surface area contributed by atoms with E-state index in [1.54, 1.807) is 61.5 Å². The number of carbonyl (C=O) groups excluding carboxylic acids is 3. The standard InChI is InChI=1S/C37H33Cl2N9O3/c1-35(17-22-3-5-23(6-4-22)18-40-2)33(51)47(28-15-26(38)14-27(39)16-28)34-42-21-29(48(34)35)31(49)45-37(10-11-37)32(50)46-36(8-9-36)30-13-24(7-12-41-30)25-19-43-44-20-25/h3-7,12-16,18-21H,8-11,17H2,1-2H3,(H,43,44)(H,45,49)(H,46,50)/t35-/m1/s1. The van der Waals surface area contributed by atoms with Gasteiger partial charge in [-0.15, -0.1) is 0 Å². The second kappa shape index (κ2) is 12.2. The number of nitrogens with one attached hydrogen (secondary N) is 3. The van der Waals surface area contributed by atoms with Crippen molar-refractivity contribution in [2.45, 2.75) is 55.6 Å². The van der Waals surface area contributed by atoms with Crippen molar-refractivity contribution in [3.8, 4) is 11.1 Å². The lowest BCUT2D eigenvalue weighted by Gasteiger charge is -2.27. The summed E-state index contributed by atoms with van der Waals surface area (Å²) in [5.41, 5.74) is 2.01. The summed E-state index contributed by atoms with van der Waals surface area (Å²) in [4.78, 5) is 57.3. The van der Waals surface area contributed by atoms with Crippen LogP contribution in [0.3, 0.4) is 0 Å². The van der Waals surface area contributed by atoms with Gasteiger partial charge in [0.2, 0.25) is 11.9 Å². The first-order valence-electron chi connectivity index (χ1n) is 16.6. The molecular formula is C37H33Cl2N9O3. The van der Waals surface area contributed by atoms with Crippen LogP contribution >= 0.6 is 23.2 Å². The average molecular weight is 723 g/mol. The molecule has 12 nitrogen and oxygen atoms in total. The molecule has 258 valence electrons. The molecule has 0 saturated heterocycles. The zero-order chi connectivity index (χ0) is 35.5. The molecule has 0 radical (unpaired) electrons. The minimum absolute atomic E-state index is 0.154. The molecular weight excluding hydrogens is 689 g/mol. The molecule has 14 heteroatoms. The van der Waals surface area contributed by atoms with E-state index in [1.165, 1.54) is 11.1 Å². The Morgan fingerprint density at radius 2 is 1.71 bits per heavy atom. The highest BCUT2D eigenvalue weighted by Gasteiger charge is 2.57. The van der Waals surface area contributed by atoms with Crippen LogP contribution in [0.25, 0.3) is 11.1 Å². The summed E-state index contributed by atoms with van der Waals surface area (Å²) in [5, 5.41) is 13.8. The fourth-order valence-corrected chi connectivity index (χ4v) is 7.42. The number of hydrogen-bond acceptors (Lipinski definition) is 7. The zero-order valence-corrected chi connectivity index (χ0v) is 29.3. The number of anilines is 2. The van der Waals surface area contributed by atoms with Gasteiger partial charge in [0, 0.05) is 47.7 Å². The maximum Gasteiger partial charge on any atom is 0.270 e. The van der Waals surface area contributed by atoms with Gasteiger partial charge in [-0.25, -0.2) is 9.88 Å². The molecule has 2 aliphatic carbocycles. The van der Waals surface area contributed by atoms with Gasteiger partial charge in [-0.3, -0.25) is 34.0 Å². The fraction of sp³-hybridized carbons (Fsp3) is 0.270. The predicted octanol–water partition coefficient (Wildman–Crippen LogP) is 5.73. The normalized spacial score (nSPS) is 19.6. The van der Waals surface area contributed by atoms with E-state index in [0.29, 0.717) is 28.6 Å². The van der Waals surface area contributed by atoms with E-state index in [9.17, 15) is 14.4 Å². The quantitative estimate of drug-likeness (QED) is 0.157. The number of hydrogen-bond donors (Lipinski definition) is 3. The van der Waals surface area contributed by atoms with Crippen LogP contribution in [0.1, 0.15) is 59.9 Å². The fourth-order valence-electron chi connectivity index (χ4n) is 6.90. The Bertz CT molecular complexity index is 2200. The lowest BCUT2D eigenvalue weighted by atomic mass is 9.91. The molecule has 0 bridgehead atoms. The Kier molecular flexibility index (Phi) is 7.84. The summed E-state index contributed by atoms with van der Waals surface area (Å²) in [7, 11) is 1.70. The molecule has 2 saturated carbocycles. The molecule has 0 unspecified atom stereocenters. The van der Waals surface area contributed by atoms with Crippen LogP contribution in [0.15, 0.2) is 84.4 Å². The van der Waals surface area contributed by atoms with Gasteiger partial charge in [-0.05, 0) is 79.6 Å². The predicted molar refractivity (Wildman–Crippen MR) is 193 cm³/mol. The van der Waals surface area contributed by atoms with Crippen molar-refractivity contribution in [1.82, 2.24) is 35.4 Å². The second-order valence-electron chi connectivity index (χ2n) is 13.6. The third kappa shape index (κ3) is 5.78. The molecule has 1 aliphatic heterocycles. The Morgan fingerprint density at radius 1 is 0.961 bits per heavy atom. The largest absolute Gasteiger partial charge is 0.343 e. The molecule has 2 aromatic carbocycles. The monoisotopic (exact) mass is 721 g/mol. The molecule has 2 fully saturated rings. The number of amides is 3. The van der Waals surface area contributed by atoms with Crippen molar-refractivity contribution in [3.05, 3.63) is 112 Å². The molecule has 8 rings (SSSR count). The van der Waals surface area contributed by atoms with Crippen molar-refractivity contribution in [3.63, 3.8) is 0 Å². The van der Waals surface area contributed by atoms with Crippen molar-refractivity contribution < 1.29 is 14.4 Å². The highest BCUT2D eigenvalue weighted by Crippen LogP contribution is 2.48. The maximum atomic E-state index is 14.5. The van der Waals surface area contributed by atoms with Crippen LogP contribution in [0.5, 0.6) is 0 Å². The number of fused-ring (bicyclic) bond motifs is 1. The third-order valence-corrected chi connectivity index (χ3v) is 10.4. The number of nitrogens with zero attached hydrogens (tertiary/aromatic N) is 6. The molecule has 3 aliphatic rings. The summed E-state index contributed by atoms with van der Waals surface area (Å²) in [6.07, 6.45) is 11.1. The Morgan fingerprint density at radius 3 is 2.35 bits per heavy atom. The van der Waals surface area contributed by atoms with Crippen LogP contribution in [0.2, 0.25) is 10.0 Å². The number of benzene rings is 2. The van der Waals surface area contributed by atoms with Crippen LogP contribution in [-0.4, -0.2) is 61.3 Å². The van der Waals surface area contributed by atoms with Crippen LogP contribution in [0, 0.1) is 0 Å². The Labute approximate surface area is 303 Å². The second-order valence-corrected chi connectivity index (χ2v) is 14.5. The van der Waals surface area contributed by atoms with Crippen molar-refractivity contribution >= 4 is 58.8 Å².